The molecule has 2 atom stereocenters. The molecule has 2 unspecified atom stereocenters. The Bertz CT molecular complexity index is 707. The third-order valence-electron chi connectivity index (χ3n) is 5.79. The number of hydrogen-bond donors (Lipinski definition) is 0. The molecular weight excluding hydrogens is 290 g/mol. The van der Waals surface area contributed by atoms with Crippen LogP contribution in [0.3, 0.4) is 0 Å². The molecule has 0 saturated heterocycles. The number of amides is 1. The maximum atomic E-state index is 11.8. The number of carbonyl (C=O) groups is 1. The number of imidazole rings is 1. The average molecular weight is 313 g/mol. The van der Waals surface area contributed by atoms with Crippen molar-refractivity contribution in [3.05, 3.63) is 36.3 Å². The Morgan fingerprint density at radius 3 is 3.04 bits per heavy atom. The fraction of sp³-hybridized carbons (Fsp3) is 0.556. The number of carbonyl (C=O) groups excluding carboxylic acids is 1. The standard InChI is InChI=1S/C18H23N3O2/c1-2-23-16-11-15(18(16)7-4-8-18)20(13-22)12-14-5-3-6-17-19-9-10-21(14)17/h3,5-6,9-10,13,15-16H,2,4,7-8,11-12H2,1H3. The average Bonchev–Trinajstić information content (AvgIpc) is 2.97. The Labute approximate surface area is 136 Å². The third-order valence-corrected chi connectivity index (χ3v) is 5.79. The van der Waals surface area contributed by atoms with Crippen molar-refractivity contribution in [2.45, 2.75) is 51.3 Å². The molecule has 1 spiro atoms. The van der Waals surface area contributed by atoms with Crippen LogP contribution in [0.1, 0.15) is 38.3 Å². The van der Waals surface area contributed by atoms with Gasteiger partial charge in [-0.2, -0.15) is 0 Å². The summed E-state index contributed by atoms with van der Waals surface area (Å²) in [7, 11) is 0. The summed E-state index contributed by atoms with van der Waals surface area (Å²) in [6.07, 6.45) is 9.68. The van der Waals surface area contributed by atoms with Gasteiger partial charge in [-0.25, -0.2) is 4.98 Å². The molecule has 2 aromatic heterocycles. The Morgan fingerprint density at radius 1 is 1.48 bits per heavy atom. The van der Waals surface area contributed by atoms with Crippen molar-refractivity contribution in [2.75, 3.05) is 6.61 Å². The molecule has 0 aliphatic heterocycles. The third kappa shape index (κ3) is 2.17. The first kappa shape index (κ1) is 14.7. The van der Waals surface area contributed by atoms with Gasteiger partial charge in [-0.15, -0.1) is 0 Å². The van der Waals surface area contributed by atoms with Crippen LogP contribution in [0.15, 0.2) is 30.6 Å². The van der Waals surface area contributed by atoms with Gasteiger partial charge in [0.25, 0.3) is 0 Å². The van der Waals surface area contributed by atoms with E-state index in [2.05, 4.69) is 22.4 Å². The Balaban J connectivity index is 1.56. The van der Waals surface area contributed by atoms with Crippen molar-refractivity contribution in [1.82, 2.24) is 14.3 Å². The summed E-state index contributed by atoms with van der Waals surface area (Å²) in [6.45, 7) is 3.44. The highest BCUT2D eigenvalue weighted by Crippen LogP contribution is 2.59. The second-order valence-corrected chi connectivity index (χ2v) is 6.73. The fourth-order valence-electron chi connectivity index (χ4n) is 4.41. The summed E-state index contributed by atoms with van der Waals surface area (Å²) in [4.78, 5) is 18.1. The molecule has 0 aromatic carbocycles. The van der Waals surface area contributed by atoms with E-state index in [0.717, 1.165) is 30.8 Å². The van der Waals surface area contributed by atoms with Crippen LogP contribution in [0.25, 0.3) is 5.65 Å². The van der Waals surface area contributed by atoms with Crippen molar-refractivity contribution in [1.29, 1.82) is 0 Å². The van der Waals surface area contributed by atoms with Gasteiger partial charge in [0.2, 0.25) is 6.41 Å². The molecule has 2 aliphatic carbocycles. The van der Waals surface area contributed by atoms with Crippen molar-refractivity contribution in [2.24, 2.45) is 5.41 Å². The molecule has 122 valence electrons. The molecule has 0 bridgehead atoms. The zero-order valence-electron chi connectivity index (χ0n) is 13.5. The Kier molecular flexibility index (Phi) is 3.60. The second-order valence-electron chi connectivity index (χ2n) is 6.73. The quantitative estimate of drug-likeness (QED) is 0.770. The molecule has 2 heterocycles. The lowest BCUT2D eigenvalue weighted by Gasteiger charge is -2.63. The fourth-order valence-corrected chi connectivity index (χ4v) is 4.41. The van der Waals surface area contributed by atoms with E-state index in [1.54, 1.807) is 6.20 Å². The lowest BCUT2D eigenvalue weighted by Crippen LogP contribution is -2.67. The van der Waals surface area contributed by atoms with Crippen LogP contribution in [0.2, 0.25) is 0 Å². The van der Waals surface area contributed by atoms with Crippen LogP contribution in [0, 0.1) is 5.41 Å². The monoisotopic (exact) mass is 313 g/mol. The van der Waals surface area contributed by atoms with Gasteiger partial charge in [0.1, 0.15) is 5.65 Å². The molecule has 1 amide bonds. The van der Waals surface area contributed by atoms with Gasteiger partial charge in [0.05, 0.1) is 12.6 Å². The van der Waals surface area contributed by atoms with Crippen LogP contribution in [-0.4, -0.2) is 39.4 Å². The minimum Gasteiger partial charge on any atom is -0.378 e. The van der Waals surface area contributed by atoms with Crippen molar-refractivity contribution >= 4 is 12.1 Å². The van der Waals surface area contributed by atoms with Crippen molar-refractivity contribution < 1.29 is 9.53 Å². The lowest BCUT2D eigenvalue weighted by atomic mass is 9.50. The van der Waals surface area contributed by atoms with E-state index in [-0.39, 0.29) is 5.41 Å². The van der Waals surface area contributed by atoms with E-state index in [4.69, 9.17) is 4.74 Å². The molecule has 5 nitrogen and oxygen atoms in total. The SMILES string of the molecule is CCOC1CC(N(C=O)Cc2cccc3nccn23)C12CCC2. The van der Waals surface area contributed by atoms with E-state index < -0.39 is 0 Å². The molecule has 2 saturated carbocycles. The number of hydrogen-bond acceptors (Lipinski definition) is 3. The summed E-state index contributed by atoms with van der Waals surface area (Å²) in [6, 6.07) is 6.36. The maximum Gasteiger partial charge on any atom is 0.210 e. The number of ether oxygens (including phenoxy) is 1. The van der Waals surface area contributed by atoms with Crippen LogP contribution in [0.5, 0.6) is 0 Å². The zero-order valence-corrected chi connectivity index (χ0v) is 13.5. The molecule has 2 aliphatic rings. The molecule has 2 aromatic rings. The first-order valence-electron chi connectivity index (χ1n) is 8.52. The van der Waals surface area contributed by atoms with Gasteiger partial charge >= 0.3 is 0 Å². The number of aromatic nitrogens is 2. The highest BCUT2D eigenvalue weighted by Gasteiger charge is 2.60. The Morgan fingerprint density at radius 2 is 2.35 bits per heavy atom. The molecule has 5 heteroatoms. The van der Waals surface area contributed by atoms with Gasteiger partial charge in [0, 0.05) is 36.2 Å². The number of rotatable bonds is 6. The molecule has 0 N–H and O–H groups in total. The summed E-state index contributed by atoms with van der Waals surface area (Å²) >= 11 is 0. The predicted octanol–water partition coefficient (Wildman–Crippen LogP) is 2.64. The summed E-state index contributed by atoms with van der Waals surface area (Å²) in [5, 5.41) is 0. The van der Waals surface area contributed by atoms with Gasteiger partial charge in [-0.1, -0.05) is 12.5 Å². The van der Waals surface area contributed by atoms with E-state index in [9.17, 15) is 4.79 Å². The Hall–Kier alpha value is -1.88. The first-order chi connectivity index (χ1) is 11.3. The second kappa shape index (κ2) is 5.64. The van der Waals surface area contributed by atoms with E-state index in [1.165, 1.54) is 19.3 Å². The molecule has 23 heavy (non-hydrogen) atoms. The van der Waals surface area contributed by atoms with Gasteiger partial charge in [-0.05, 0) is 38.3 Å². The van der Waals surface area contributed by atoms with Gasteiger partial charge in [-0.3, -0.25) is 4.79 Å². The molecule has 0 radical (unpaired) electrons. The van der Waals surface area contributed by atoms with Crippen LogP contribution in [0.4, 0.5) is 0 Å². The lowest BCUT2D eigenvalue weighted by molar-refractivity contribution is -0.203. The zero-order chi connectivity index (χ0) is 15.9. The minimum absolute atomic E-state index is 0.208. The van der Waals surface area contributed by atoms with E-state index in [0.29, 0.717) is 18.7 Å². The van der Waals surface area contributed by atoms with Crippen LogP contribution in [-0.2, 0) is 16.1 Å². The predicted molar refractivity (Wildman–Crippen MR) is 86.9 cm³/mol. The van der Waals surface area contributed by atoms with Gasteiger partial charge < -0.3 is 14.0 Å². The maximum absolute atomic E-state index is 11.8. The smallest absolute Gasteiger partial charge is 0.210 e. The van der Waals surface area contributed by atoms with Crippen molar-refractivity contribution in [3.8, 4) is 0 Å². The summed E-state index contributed by atoms with van der Waals surface area (Å²) < 4.78 is 7.97. The number of pyridine rings is 1. The highest BCUT2D eigenvalue weighted by atomic mass is 16.5. The van der Waals surface area contributed by atoms with E-state index in [1.807, 2.05) is 23.2 Å². The first-order valence-corrected chi connectivity index (χ1v) is 8.52. The summed E-state index contributed by atoms with van der Waals surface area (Å²) in [5.74, 6) is 0. The molecular formula is C18H23N3O2. The van der Waals surface area contributed by atoms with E-state index >= 15 is 0 Å². The molecule has 4 rings (SSSR count). The number of nitrogens with zero attached hydrogens (tertiary/aromatic N) is 3. The summed E-state index contributed by atoms with van der Waals surface area (Å²) in [5.41, 5.74) is 2.23. The molecule has 2 fully saturated rings. The van der Waals surface area contributed by atoms with Crippen molar-refractivity contribution in [3.63, 3.8) is 0 Å². The van der Waals surface area contributed by atoms with Crippen LogP contribution >= 0.6 is 0 Å². The van der Waals surface area contributed by atoms with Gasteiger partial charge in [0.15, 0.2) is 0 Å². The minimum atomic E-state index is 0.208. The normalized spacial score (nSPS) is 25.1. The topological polar surface area (TPSA) is 46.8 Å². The van der Waals surface area contributed by atoms with Crippen LogP contribution < -0.4 is 0 Å². The highest BCUT2D eigenvalue weighted by molar-refractivity contribution is 5.50. The largest absolute Gasteiger partial charge is 0.378 e. The number of fused-ring (bicyclic) bond motifs is 1.